The number of piperazine rings is 1. The summed E-state index contributed by atoms with van der Waals surface area (Å²) in [4.78, 5) is 16.2. The van der Waals surface area contributed by atoms with Crippen LogP contribution in [0.1, 0.15) is 11.1 Å². The summed E-state index contributed by atoms with van der Waals surface area (Å²) in [6.07, 6.45) is 6.83. The molecule has 5 nitrogen and oxygen atoms in total. The summed E-state index contributed by atoms with van der Waals surface area (Å²) in [7, 11) is 0. The first-order valence-corrected chi connectivity index (χ1v) is 8.85. The Morgan fingerprint density at radius 2 is 1.70 bits per heavy atom. The monoisotopic (exact) mass is 359 g/mol. The largest absolute Gasteiger partial charge is 0.506 e. The molecule has 2 aromatic carbocycles. The lowest BCUT2D eigenvalue weighted by atomic mass is 10.1. The summed E-state index contributed by atoms with van der Waals surface area (Å²) in [6.45, 7) is 2.59. The van der Waals surface area contributed by atoms with Crippen molar-refractivity contribution >= 4 is 17.7 Å². The van der Waals surface area contributed by atoms with Gasteiger partial charge in [0.15, 0.2) is 0 Å². The molecule has 1 saturated heterocycles. The van der Waals surface area contributed by atoms with E-state index in [-0.39, 0.29) is 11.7 Å². The van der Waals surface area contributed by atoms with E-state index < -0.39 is 0 Å². The van der Waals surface area contributed by atoms with Crippen molar-refractivity contribution < 1.29 is 9.90 Å². The molecular formula is C22H21N3O2. The molecule has 0 saturated carbocycles. The number of allylic oxidation sites excluding steroid dienone is 2. The molecule has 1 N–H and O–H groups in total. The number of phenolic OH excluding ortho intramolecular Hbond substituents is 1. The predicted octanol–water partition coefficient (Wildman–Crippen LogP) is 3.18. The Bertz CT molecular complexity index is 904. The number of aromatic hydroxyl groups is 1. The molecule has 136 valence electrons. The van der Waals surface area contributed by atoms with Gasteiger partial charge in [-0.05, 0) is 23.8 Å². The van der Waals surface area contributed by atoms with Crippen LogP contribution in [0.15, 0.2) is 66.8 Å². The van der Waals surface area contributed by atoms with Crippen LogP contribution in [0.5, 0.6) is 5.75 Å². The number of hydrogen-bond acceptors (Lipinski definition) is 4. The van der Waals surface area contributed by atoms with Gasteiger partial charge >= 0.3 is 0 Å². The van der Waals surface area contributed by atoms with Crippen LogP contribution >= 0.6 is 0 Å². The average molecular weight is 359 g/mol. The van der Waals surface area contributed by atoms with Crippen LogP contribution in [0.4, 0.5) is 5.69 Å². The third-order valence-corrected chi connectivity index (χ3v) is 4.52. The topological polar surface area (TPSA) is 67.6 Å². The number of anilines is 1. The third-order valence-electron chi connectivity index (χ3n) is 4.52. The summed E-state index contributed by atoms with van der Waals surface area (Å²) in [5.41, 5.74) is 2.24. The fourth-order valence-electron chi connectivity index (χ4n) is 3.05. The summed E-state index contributed by atoms with van der Waals surface area (Å²) >= 11 is 0. The molecular weight excluding hydrogens is 338 g/mol. The fourth-order valence-corrected chi connectivity index (χ4v) is 3.05. The van der Waals surface area contributed by atoms with E-state index in [1.165, 1.54) is 0 Å². The number of nitrogens with zero attached hydrogens (tertiary/aromatic N) is 3. The molecule has 1 aliphatic rings. The SMILES string of the molecule is N#Cc1ccccc1/C=C/C=C/C(=O)N1CCN(c2ccccc2O)CC1. The number of benzene rings is 2. The van der Waals surface area contributed by atoms with Crippen molar-refractivity contribution in [2.45, 2.75) is 0 Å². The molecule has 1 fully saturated rings. The molecule has 0 aliphatic carbocycles. The number of para-hydroxylation sites is 2. The molecule has 0 aromatic heterocycles. The second kappa shape index (κ2) is 8.72. The highest BCUT2D eigenvalue weighted by atomic mass is 16.3. The first-order chi connectivity index (χ1) is 13.2. The van der Waals surface area contributed by atoms with Crippen molar-refractivity contribution in [3.63, 3.8) is 0 Å². The summed E-state index contributed by atoms with van der Waals surface area (Å²) in [5, 5.41) is 19.0. The molecule has 3 rings (SSSR count). The molecule has 0 atom stereocenters. The Kier molecular flexibility index (Phi) is 5.91. The van der Waals surface area contributed by atoms with Gasteiger partial charge in [0, 0.05) is 32.3 Å². The summed E-state index contributed by atoms with van der Waals surface area (Å²) in [6, 6.07) is 16.7. The van der Waals surface area contributed by atoms with Crippen LogP contribution in [-0.2, 0) is 4.79 Å². The zero-order valence-electron chi connectivity index (χ0n) is 15.0. The minimum Gasteiger partial charge on any atom is -0.506 e. The molecule has 0 unspecified atom stereocenters. The number of carbonyl (C=O) groups is 1. The van der Waals surface area contributed by atoms with Gasteiger partial charge in [-0.3, -0.25) is 4.79 Å². The Hall–Kier alpha value is -3.52. The van der Waals surface area contributed by atoms with Gasteiger partial charge in [-0.15, -0.1) is 0 Å². The molecule has 1 heterocycles. The molecule has 0 bridgehead atoms. The van der Waals surface area contributed by atoms with Crippen molar-refractivity contribution in [3.05, 3.63) is 77.9 Å². The number of phenols is 1. The first-order valence-electron chi connectivity index (χ1n) is 8.85. The smallest absolute Gasteiger partial charge is 0.246 e. The zero-order valence-corrected chi connectivity index (χ0v) is 15.0. The summed E-state index contributed by atoms with van der Waals surface area (Å²) < 4.78 is 0. The maximum absolute atomic E-state index is 12.3. The van der Waals surface area contributed by atoms with Gasteiger partial charge < -0.3 is 14.9 Å². The predicted molar refractivity (Wildman–Crippen MR) is 106 cm³/mol. The van der Waals surface area contributed by atoms with E-state index in [2.05, 4.69) is 11.0 Å². The Morgan fingerprint density at radius 1 is 1.00 bits per heavy atom. The van der Waals surface area contributed by atoms with Crippen molar-refractivity contribution in [3.8, 4) is 11.8 Å². The maximum atomic E-state index is 12.3. The van der Waals surface area contributed by atoms with Crippen LogP contribution < -0.4 is 4.90 Å². The average Bonchev–Trinajstić information content (AvgIpc) is 2.72. The lowest BCUT2D eigenvalue weighted by Gasteiger charge is -2.35. The van der Waals surface area contributed by atoms with Gasteiger partial charge in [0.25, 0.3) is 0 Å². The van der Waals surface area contributed by atoms with Crippen molar-refractivity contribution in [1.82, 2.24) is 4.90 Å². The second-order valence-corrected chi connectivity index (χ2v) is 6.22. The minimum atomic E-state index is -0.0369. The van der Waals surface area contributed by atoms with Crippen LogP contribution in [-0.4, -0.2) is 42.1 Å². The van der Waals surface area contributed by atoms with Gasteiger partial charge in [0.2, 0.25) is 5.91 Å². The lowest BCUT2D eigenvalue weighted by molar-refractivity contribution is -0.126. The van der Waals surface area contributed by atoms with Gasteiger partial charge in [-0.1, -0.05) is 48.6 Å². The Labute approximate surface area is 159 Å². The maximum Gasteiger partial charge on any atom is 0.246 e. The normalized spacial score (nSPS) is 14.6. The van der Waals surface area contributed by atoms with Crippen molar-refractivity contribution in [1.29, 1.82) is 5.26 Å². The zero-order chi connectivity index (χ0) is 19.1. The van der Waals surface area contributed by atoms with E-state index in [0.29, 0.717) is 31.7 Å². The molecule has 0 radical (unpaired) electrons. The first kappa shape index (κ1) is 18.3. The van der Waals surface area contributed by atoms with Crippen LogP contribution in [0.25, 0.3) is 6.08 Å². The number of rotatable bonds is 4. The molecule has 2 aromatic rings. The molecule has 1 amide bonds. The van der Waals surface area contributed by atoms with Gasteiger partial charge in [0.05, 0.1) is 17.3 Å². The number of nitriles is 1. The van der Waals surface area contributed by atoms with Crippen molar-refractivity contribution in [2.75, 3.05) is 31.1 Å². The lowest BCUT2D eigenvalue weighted by Crippen LogP contribution is -2.48. The molecule has 0 spiro atoms. The third kappa shape index (κ3) is 4.56. The molecule has 1 aliphatic heterocycles. The minimum absolute atomic E-state index is 0.0369. The van der Waals surface area contributed by atoms with E-state index in [1.54, 1.807) is 41.3 Å². The summed E-state index contributed by atoms with van der Waals surface area (Å²) in [5.74, 6) is 0.227. The Balaban J connectivity index is 1.54. The second-order valence-electron chi connectivity index (χ2n) is 6.22. The van der Waals surface area contributed by atoms with Crippen molar-refractivity contribution in [2.24, 2.45) is 0 Å². The van der Waals surface area contributed by atoms with Crippen LogP contribution in [0.2, 0.25) is 0 Å². The number of amides is 1. The highest BCUT2D eigenvalue weighted by Crippen LogP contribution is 2.27. The van der Waals surface area contributed by atoms with E-state index in [1.807, 2.05) is 36.4 Å². The van der Waals surface area contributed by atoms with E-state index in [9.17, 15) is 9.90 Å². The van der Waals surface area contributed by atoms with E-state index >= 15 is 0 Å². The van der Waals surface area contributed by atoms with E-state index in [4.69, 9.17) is 5.26 Å². The van der Waals surface area contributed by atoms with Gasteiger partial charge in [0.1, 0.15) is 5.75 Å². The highest BCUT2D eigenvalue weighted by Gasteiger charge is 2.21. The number of hydrogen-bond donors (Lipinski definition) is 1. The highest BCUT2D eigenvalue weighted by molar-refractivity contribution is 5.88. The fraction of sp³-hybridized carbons (Fsp3) is 0.182. The van der Waals surface area contributed by atoms with E-state index in [0.717, 1.165) is 11.3 Å². The Morgan fingerprint density at radius 3 is 2.44 bits per heavy atom. The molecule has 5 heteroatoms. The van der Waals surface area contributed by atoms with Gasteiger partial charge in [-0.25, -0.2) is 0 Å². The number of carbonyl (C=O) groups excluding carboxylic acids is 1. The van der Waals surface area contributed by atoms with Crippen LogP contribution in [0, 0.1) is 11.3 Å². The quantitative estimate of drug-likeness (QED) is 0.672. The molecule has 27 heavy (non-hydrogen) atoms. The van der Waals surface area contributed by atoms with Crippen LogP contribution in [0.3, 0.4) is 0 Å². The van der Waals surface area contributed by atoms with Gasteiger partial charge in [-0.2, -0.15) is 5.26 Å². The standard InChI is InChI=1S/C22H21N3O2/c23-17-19-9-2-1-7-18(19)8-3-6-12-22(27)25-15-13-24(14-16-25)20-10-4-5-11-21(20)26/h1-12,26H,13-16H2/b8-3+,12-6+.